The van der Waals surface area contributed by atoms with Gasteiger partial charge in [0.1, 0.15) is 16.9 Å². The maximum atomic E-state index is 13.7. The number of amides is 1. The van der Waals surface area contributed by atoms with Gasteiger partial charge in [-0.05, 0) is 24.3 Å². The lowest BCUT2D eigenvalue weighted by Gasteiger charge is -2.14. The lowest BCUT2D eigenvalue weighted by atomic mass is 10.1. The van der Waals surface area contributed by atoms with Crippen LogP contribution in [0.15, 0.2) is 36.7 Å². The largest absolute Gasteiger partial charge is 0.433 e. The molecule has 12 heteroatoms. The number of anilines is 1. The predicted octanol–water partition coefficient (Wildman–Crippen LogP) is 4.78. The number of hydrogen-bond acceptors (Lipinski definition) is 4. The predicted molar refractivity (Wildman–Crippen MR) is 85.5 cm³/mol. The minimum atomic E-state index is -4.89. The fraction of sp³-hybridized carbons (Fsp3) is 0.118. The van der Waals surface area contributed by atoms with Crippen molar-refractivity contribution in [3.8, 4) is 5.75 Å². The van der Waals surface area contributed by atoms with Crippen LogP contribution in [0.3, 0.4) is 0 Å². The van der Waals surface area contributed by atoms with Gasteiger partial charge in [-0.2, -0.15) is 22.0 Å². The van der Waals surface area contributed by atoms with Crippen LogP contribution < -0.4 is 10.1 Å². The third kappa shape index (κ3) is 4.20. The number of fused-ring (bicyclic) bond motifs is 1. The van der Waals surface area contributed by atoms with Crippen LogP contribution in [0.2, 0.25) is 0 Å². The zero-order chi connectivity index (χ0) is 21.3. The highest BCUT2D eigenvalue weighted by atomic mass is 19.4. The van der Waals surface area contributed by atoms with Gasteiger partial charge in [0.25, 0.3) is 5.91 Å². The van der Waals surface area contributed by atoms with Gasteiger partial charge in [-0.15, -0.1) is 0 Å². The third-order valence-electron chi connectivity index (χ3n) is 3.66. The number of carbonyl (C=O) groups excluding carboxylic acids is 1. The lowest BCUT2D eigenvalue weighted by Crippen LogP contribution is -2.16. The van der Waals surface area contributed by atoms with E-state index in [0.717, 1.165) is 18.2 Å². The Kier molecular flexibility index (Phi) is 5.27. The molecule has 0 unspecified atom stereocenters. The topological polar surface area (TPSA) is 64.1 Å². The van der Waals surface area contributed by atoms with Gasteiger partial charge in [0.15, 0.2) is 17.4 Å². The minimum absolute atomic E-state index is 0.302. The maximum Gasteiger partial charge on any atom is 0.433 e. The van der Waals surface area contributed by atoms with Crippen LogP contribution in [0, 0.1) is 11.6 Å². The number of ether oxygens (including phenoxy) is 1. The number of nitrogens with zero attached hydrogens (tertiary/aromatic N) is 2. The Bertz CT molecular complexity index is 1070. The number of nitrogens with one attached hydrogen (secondary N) is 1. The molecule has 0 bridgehead atoms. The zero-order valence-corrected chi connectivity index (χ0v) is 13.9. The summed E-state index contributed by atoms with van der Waals surface area (Å²) in [6.45, 7) is -3.37. The fourth-order valence-corrected chi connectivity index (χ4v) is 2.45. The number of halogens is 7. The molecule has 2 aromatic heterocycles. The van der Waals surface area contributed by atoms with Crippen molar-refractivity contribution in [3.63, 3.8) is 0 Å². The summed E-state index contributed by atoms with van der Waals surface area (Å²) in [5, 5.41) is 1.62. The van der Waals surface area contributed by atoms with Gasteiger partial charge in [-0.25, -0.2) is 13.8 Å². The van der Waals surface area contributed by atoms with E-state index in [1.165, 1.54) is 0 Å². The van der Waals surface area contributed by atoms with Gasteiger partial charge in [-0.3, -0.25) is 9.78 Å². The second-order valence-electron chi connectivity index (χ2n) is 5.51. The summed E-state index contributed by atoms with van der Waals surface area (Å²) in [5.41, 5.74) is -3.30. The first-order valence-corrected chi connectivity index (χ1v) is 7.64. The highest BCUT2D eigenvalue weighted by molar-refractivity contribution is 6.13. The van der Waals surface area contributed by atoms with E-state index < -0.39 is 53.0 Å². The summed E-state index contributed by atoms with van der Waals surface area (Å²) in [7, 11) is 0. The summed E-state index contributed by atoms with van der Waals surface area (Å²) in [5.74, 6) is -4.22. The minimum Gasteiger partial charge on any atom is -0.432 e. The number of pyridine rings is 2. The van der Waals surface area contributed by atoms with Gasteiger partial charge >= 0.3 is 12.8 Å². The Morgan fingerprint density at radius 1 is 1.03 bits per heavy atom. The monoisotopic (exact) mass is 419 g/mol. The number of hydrogen-bond donors (Lipinski definition) is 1. The molecule has 0 aliphatic rings. The highest BCUT2D eigenvalue weighted by Gasteiger charge is 2.33. The molecule has 1 amide bonds. The second kappa shape index (κ2) is 7.53. The van der Waals surface area contributed by atoms with E-state index in [9.17, 15) is 35.5 Å². The molecule has 29 heavy (non-hydrogen) atoms. The third-order valence-corrected chi connectivity index (χ3v) is 3.66. The SMILES string of the molecule is O=C(Nc1c(F)cncc1F)c1ccc(OC(F)F)c2nc(C(F)(F)F)ccc12. The van der Waals surface area contributed by atoms with Gasteiger partial charge < -0.3 is 10.1 Å². The molecule has 2 heterocycles. The number of carbonyl (C=O) groups is 1. The second-order valence-corrected chi connectivity index (χ2v) is 5.51. The molecule has 152 valence electrons. The van der Waals surface area contributed by atoms with E-state index in [4.69, 9.17) is 0 Å². The van der Waals surface area contributed by atoms with Crippen LogP contribution in [-0.2, 0) is 6.18 Å². The van der Waals surface area contributed by atoms with Crippen LogP contribution in [0.25, 0.3) is 10.9 Å². The molecule has 5 nitrogen and oxygen atoms in total. The van der Waals surface area contributed by atoms with Crippen LogP contribution in [0.5, 0.6) is 5.75 Å². The lowest BCUT2D eigenvalue weighted by molar-refractivity contribution is -0.140. The van der Waals surface area contributed by atoms with Crippen molar-refractivity contribution in [3.05, 3.63) is 59.6 Å². The van der Waals surface area contributed by atoms with Crippen molar-refractivity contribution < 1.29 is 40.3 Å². The Morgan fingerprint density at radius 3 is 2.28 bits per heavy atom. The van der Waals surface area contributed by atoms with Gasteiger partial charge in [-0.1, -0.05) is 0 Å². The Hall–Kier alpha value is -3.44. The summed E-state index contributed by atoms with van der Waals surface area (Å²) < 4.78 is 95.4. The standard InChI is InChI=1S/C17H8F7N3O2/c18-9-5-25-6-10(19)14(9)27-15(28)8-1-3-11(29-16(20)21)13-7(8)2-4-12(26-13)17(22,23)24/h1-6,16H,(H,25,27,28). The normalized spacial score (nSPS) is 11.7. The summed E-state index contributed by atoms with van der Waals surface area (Å²) >= 11 is 0. The first kappa shape index (κ1) is 20.3. The van der Waals surface area contributed by atoms with Crippen molar-refractivity contribution in [1.82, 2.24) is 9.97 Å². The van der Waals surface area contributed by atoms with E-state index in [0.29, 0.717) is 18.5 Å². The smallest absolute Gasteiger partial charge is 0.432 e. The Labute approximate surface area is 157 Å². The molecule has 0 fully saturated rings. The van der Waals surface area contributed by atoms with E-state index in [1.54, 1.807) is 0 Å². The van der Waals surface area contributed by atoms with E-state index in [-0.39, 0.29) is 10.9 Å². The summed E-state index contributed by atoms with van der Waals surface area (Å²) in [6, 6.07) is 3.09. The summed E-state index contributed by atoms with van der Waals surface area (Å²) in [4.78, 5) is 18.9. The van der Waals surface area contributed by atoms with Crippen molar-refractivity contribution in [2.45, 2.75) is 12.8 Å². The molecule has 0 spiro atoms. The molecular weight excluding hydrogens is 411 g/mol. The quantitative estimate of drug-likeness (QED) is 0.619. The first-order chi connectivity index (χ1) is 13.6. The molecular formula is C17H8F7N3O2. The molecule has 1 aromatic carbocycles. The van der Waals surface area contributed by atoms with Crippen LogP contribution in [0.1, 0.15) is 16.1 Å². The Balaban J connectivity index is 2.12. The van der Waals surface area contributed by atoms with Crippen molar-refractivity contribution in [2.24, 2.45) is 0 Å². The van der Waals surface area contributed by atoms with Crippen molar-refractivity contribution in [1.29, 1.82) is 0 Å². The van der Waals surface area contributed by atoms with Crippen molar-refractivity contribution >= 4 is 22.5 Å². The Morgan fingerprint density at radius 2 is 1.69 bits per heavy atom. The van der Waals surface area contributed by atoms with Gasteiger partial charge in [0, 0.05) is 10.9 Å². The van der Waals surface area contributed by atoms with Crippen LogP contribution >= 0.6 is 0 Å². The van der Waals surface area contributed by atoms with Gasteiger partial charge in [0.05, 0.1) is 12.4 Å². The van der Waals surface area contributed by atoms with E-state index in [2.05, 4.69) is 14.7 Å². The van der Waals surface area contributed by atoms with Crippen LogP contribution in [0.4, 0.5) is 36.4 Å². The molecule has 3 aromatic rings. The van der Waals surface area contributed by atoms with E-state index in [1.807, 2.05) is 5.32 Å². The number of aromatic nitrogens is 2. The molecule has 3 rings (SSSR count). The molecule has 0 atom stereocenters. The highest BCUT2D eigenvalue weighted by Crippen LogP contribution is 2.34. The van der Waals surface area contributed by atoms with Crippen LogP contribution in [-0.4, -0.2) is 22.5 Å². The number of rotatable bonds is 4. The summed E-state index contributed by atoms with van der Waals surface area (Å²) in [6.07, 6.45) is -3.63. The average Bonchev–Trinajstić information content (AvgIpc) is 2.63. The first-order valence-electron chi connectivity index (χ1n) is 7.64. The zero-order valence-electron chi connectivity index (χ0n) is 13.9. The molecule has 1 N–H and O–H groups in total. The fourth-order valence-electron chi connectivity index (χ4n) is 2.45. The molecule has 0 aliphatic heterocycles. The molecule has 0 saturated heterocycles. The maximum absolute atomic E-state index is 13.7. The van der Waals surface area contributed by atoms with Crippen molar-refractivity contribution in [2.75, 3.05) is 5.32 Å². The molecule has 0 aliphatic carbocycles. The van der Waals surface area contributed by atoms with E-state index >= 15 is 0 Å². The van der Waals surface area contributed by atoms with Gasteiger partial charge in [0.2, 0.25) is 0 Å². The average molecular weight is 419 g/mol. The molecule has 0 saturated carbocycles. The molecule has 0 radical (unpaired) electrons. The number of alkyl halides is 5. The number of benzene rings is 1.